The van der Waals surface area contributed by atoms with Crippen LogP contribution in [0.1, 0.15) is 19.4 Å². The molecule has 0 aliphatic carbocycles. The van der Waals surface area contributed by atoms with Gasteiger partial charge in [-0.15, -0.1) is 0 Å². The third kappa shape index (κ3) is 6.89. The molecule has 1 unspecified atom stereocenters. The number of esters is 2. The Labute approximate surface area is 177 Å². The summed E-state index contributed by atoms with van der Waals surface area (Å²) in [5.74, 6) is -6.77. The highest BCUT2D eigenvalue weighted by Crippen LogP contribution is 2.35. The van der Waals surface area contributed by atoms with Crippen LogP contribution in [0.25, 0.3) is 0 Å². The minimum atomic E-state index is -5.44. The molecule has 2 amide bonds. The molecule has 0 heterocycles. The van der Waals surface area contributed by atoms with Gasteiger partial charge in [0.2, 0.25) is 0 Å². The lowest BCUT2D eigenvalue weighted by atomic mass is 10.2. The first kappa shape index (κ1) is 26.3. The molecule has 0 aromatic heterocycles. The molecule has 1 aromatic carbocycles. The Bertz CT molecular complexity index is 1060. The molecule has 13 nitrogen and oxygen atoms in total. The molecule has 0 aliphatic rings. The zero-order valence-corrected chi connectivity index (χ0v) is 16.9. The van der Waals surface area contributed by atoms with Gasteiger partial charge in [0.1, 0.15) is 4.90 Å². The number of sulfonamides is 1. The molecular formula is C15H14F3N3O10S. The Morgan fingerprint density at radius 1 is 1.16 bits per heavy atom. The monoisotopic (exact) mass is 485 g/mol. The molecule has 0 radical (unpaired) electrons. The van der Waals surface area contributed by atoms with Gasteiger partial charge in [0, 0.05) is 12.1 Å². The van der Waals surface area contributed by atoms with Crippen molar-refractivity contribution in [2.75, 3.05) is 6.61 Å². The third-order valence-corrected chi connectivity index (χ3v) is 4.63. The van der Waals surface area contributed by atoms with Crippen molar-refractivity contribution in [1.82, 2.24) is 10.0 Å². The Kier molecular flexibility index (Phi) is 8.24. The first-order valence-corrected chi connectivity index (χ1v) is 9.69. The molecule has 0 bridgehead atoms. The number of carbonyl (C=O) groups is 4. The fourth-order valence-electron chi connectivity index (χ4n) is 1.98. The van der Waals surface area contributed by atoms with E-state index in [9.17, 15) is 50.9 Å². The normalized spacial score (nSPS) is 12.3. The molecule has 2 N–H and O–H groups in total. The van der Waals surface area contributed by atoms with Crippen LogP contribution in [0.4, 0.5) is 18.9 Å². The van der Waals surface area contributed by atoms with Crippen LogP contribution in [-0.4, -0.2) is 49.9 Å². The van der Waals surface area contributed by atoms with Gasteiger partial charge >= 0.3 is 29.9 Å². The van der Waals surface area contributed by atoms with Crippen LogP contribution in [0.2, 0.25) is 0 Å². The van der Waals surface area contributed by atoms with Gasteiger partial charge in [0.05, 0.1) is 17.1 Å². The number of amides is 2. The Hall–Kier alpha value is -3.76. The number of rotatable bonds is 6. The van der Waals surface area contributed by atoms with Crippen LogP contribution in [0.5, 0.6) is 0 Å². The number of hydrogen-bond donors (Lipinski definition) is 2. The first-order chi connectivity index (χ1) is 14.6. The Morgan fingerprint density at radius 3 is 2.25 bits per heavy atom. The van der Waals surface area contributed by atoms with Crippen molar-refractivity contribution >= 4 is 39.5 Å². The predicted octanol–water partition coefficient (Wildman–Crippen LogP) is -0.0130. The third-order valence-electron chi connectivity index (χ3n) is 3.26. The zero-order valence-electron chi connectivity index (χ0n) is 16.1. The van der Waals surface area contributed by atoms with E-state index in [0.29, 0.717) is 6.07 Å². The highest BCUT2D eigenvalue weighted by atomic mass is 32.2. The van der Waals surface area contributed by atoms with Crippen molar-refractivity contribution in [2.24, 2.45) is 0 Å². The summed E-state index contributed by atoms with van der Waals surface area (Å²) in [6, 6.07) is 0.556. The van der Waals surface area contributed by atoms with E-state index in [4.69, 9.17) is 0 Å². The lowest BCUT2D eigenvalue weighted by Crippen LogP contribution is -2.44. The molecule has 1 rings (SSSR count). The minimum absolute atomic E-state index is 0.0476. The Balaban J connectivity index is 3.04. The van der Waals surface area contributed by atoms with Gasteiger partial charge in [-0.1, -0.05) is 0 Å². The van der Waals surface area contributed by atoms with Crippen LogP contribution in [-0.2, 0) is 44.9 Å². The van der Waals surface area contributed by atoms with Gasteiger partial charge in [-0.25, -0.2) is 22.7 Å². The quantitative estimate of drug-likeness (QED) is 0.182. The van der Waals surface area contributed by atoms with E-state index in [0.717, 1.165) is 11.6 Å². The number of nitro benzene ring substituents is 1. The van der Waals surface area contributed by atoms with Crippen molar-refractivity contribution in [3.63, 3.8) is 0 Å². The molecule has 0 aliphatic heterocycles. The number of nitrogens with one attached hydrogen (secondary N) is 2. The minimum Gasteiger partial charge on any atom is -0.459 e. The standard InChI is InChI=1S/C15H14F3N3O10S/c1-3-30-13(24)11(22)19-7(2)31-14(25)12(23)20-32(28,29)10-6-8(21(26)27)4-5-9(10)15(16,17)18/h4-7H,3H2,1-2H3,(H,19,22)(H,20,23). The molecule has 0 spiro atoms. The number of halogens is 3. The number of hydrogen-bond acceptors (Lipinski definition) is 10. The number of non-ortho nitro benzene ring substituents is 1. The second-order valence-corrected chi connectivity index (χ2v) is 7.26. The zero-order chi connectivity index (χ0) is 24.9. The van der Waals surface area contributed by atoms with Crippen molar-refractivity contribution in [3.05, 3.63) is 33.9 Å². The van der Waals surface area contributed by atoms with Crippen molar-refractivity contribution in [3.8, 4) is 0 Å². The summed E-state index contributed by atoms with van der Waals surface area (Å²) in [5, 5.41) is 12.6. The average Bonchev–Trinajstić information content (AvgIpc) is 2.66. The van der Waals surface area contributed by atoms with E-state index in [1.807, 2.05) is 0 Å². The topological polar surface area (TPSA) is 188 Å². The molecule has 0 saturated heterocycles. The number of ether oxygens (including phenoxy) is 2. The van der Waals surface area contributed by atoms with Gasteiger partial charge in [0.15, 0.2) is 6.23 Å². The maximum Gasteiger partial charge on any atom is 0.417 e. The van der Waals surface area contributed by atoms with Crippen molar-refractivity contribution in [2.45, 2.75) is 31.1 Å². The number of alkyl halides is 3. The number of carbonyl (C=O) groups excluding carboxylic acids is 4. The molecule has 1 atom stereocenters. The summed E-state index contributed by atoms with van der Waals surface area (Å²) in [6.07, 6.45) is -6.94. The summed E-state index contributed by atoms with van der Waals surface area (Å²) < 4.78 is 73.5. The average molecular weight is 485 g/mol. The first-order valence-electron chi connectivity index (χ1n) is 8.21. The molecule has 17 heteroatoms. The molecule has 0 saturated carbocycles. The van der Waals surface area contributed by atoms with Crippen molar-refractivity contribution < 1.29 is 55.2 Å². The highest BCUT2D eigenvalue weighted by molar-refractivity contribution is 7.90. The van der Waals surface area contributed by atoms with Crippen LogP contribution >= 0.6 is 0 Å². The summed E-state index contributed by atoms with van der Waals surface area (Å²) in [5.41, 5.74) is -2.88. The van der Waals surface area contributed by atoms with Crippen LogP contribution < -0.4 is 10.0 Å². The number of nitrogens with zero attached hydrogens (tertiary/aromatic N) is 1. The molecule has 32 heavy (non-hydrogen) atoms. The van der Waals surface area contributed by atoms with E-state index < -0.39 is 67.3 Å². The SMILES string of the molecule is CCOC(=O)C(=O)NC(C)OC(=O)C(=O)NS(=O)(=O)c1cc([N+](=O)[O-])ccc1C(F)(F)F. The largest absolute Gasteiger partial charge is 0.459 e. The van der Waals surface area contributed by atoms with Gasteiger partial charge < -0.3 is 14.8 Å². The predicted molar refractivity (Wildman–Crippen MR) is 93.8 cm³/mol. The highest BCUT2D eigenvalue weighted by Gasteiger charge is 2.39. The lowest BCUT2D eigenvalue weighted by molar-refractivity contribution is -0.385. The molecule has 1 aromatic rings. The summed E-state index contributed by atoms with van der Waals surface area (Å²) in [4.78, 5) is 53.9. The summed E-state index contributed by atoms with van der Waals surface area (Å²) in [6.45, 7) is 2.20. The van der Waals surface area contributed by atoms with Gasteiger partial charge in [-0.3, -0.25) is 19.7 Å². The van der Waals surface area contributed by atoms with E-state index in [-0.39, 0.29) is 18.7 Å². The second-order valence-electron chi connectivity index (χ2n) is 5.61. The molecule has 0 fully saturated rings. The van der Waals surface area contributed by atoms with E-state index >= 15 is 0 Å². The number of benzene rings is 1. The molecular weight excluding hydrogens is 471 g/mol. The van der Waals surface area contributed by atoms with Crippen LogP contribution in [0.15, 0.2) is 23.1 Å². The van der Waals surface area contributed by atoms with Gasteiger partial charge in [-0.2, -0.15) is 13.2 Å². The fraction of sp³-hybridized carbons (Fsp3) is 0.333. The van der Waals surface area contributed by atoms with Gasteiger partial charge in [-0.05, 0) is 19.9 Å². The van der Waals surface area contributed by atoms with E-state index in [2.05, 4.69) is 9.47 Å². The summed E-state index contributed by atoms with van der Waals surface area (Å²) in [7, 11) is -5.44. The van der Waals surface area contributed by atoms with Crippen LogP contribution in [0, 0.1) is 10.1 Å². The molecule has 176 valence electrons. The van der Waals surface area contributed by atoms with E-state index in [1.165, 1.54) is 6.92 Å². The van der Waals surface area contributed by atoms with Crippen molar-refractivity contribution in [1.29, 1.82) is 0 Å². The fourth-order valence-corrected chi connectivity index (χ4v) is 3.17. The maximum atomic E-state index is 13.1. The second kappa shape index (κ2) is 10.0. The smallest absolute Gasteiger partial charge is 0.417 e. The summed E-state index contributed by atoms with van der Waals surface area (Å²) >= 11 is 0. The number of nitro groups is 1. The Morgan fingerprint density at radius 2 is 1.75 bits per heavy atom. The van der Waals surface area contributed by atoms with E-state index in [1.54, 1.807) is 5.32 Å². The van der Waals surface area contributed by atoms with Crippen LogP contribution in [0.3, 0.4) is 0 Å². The van der Waals surface area contributed by atoms with Gasteiger partial charge in [0.25, 0.3) is 15.7 Å². The maximum absolute atomic E-state index is 13.1. The lowest BCUT2D eigenvalue weighted by Gasteiger charge is -2.15.